The predicted molar refractivity (Wildman–Crippen MR) is 188 cm³/mol. The highest BCUT2D eigenvalue weighted by atomic mass is 35.5. The number of halogens is 1. The van der Waals surface area contributed by atoms with Crippen LogP contribution in [-0.2, 0) is 9.47 Å². The molecule has 9 heteroatoms. The van der Waals surface area contributed by atoms with Gasteiger partial charge >= 0.3 is 12.1 Å². The van der Waals surface area contributed by atoms with Crippen LogP contribution in [0.1, 0.15) is 76.2 Å². The van der Waals surface area contributed by atoms with Gasteiger partial charge in [0.05, 0.1) is 12.2 Å². The Labute approximate surface area is 285 Å². The van der Waals surface area contributed by atoms with E-state index in [1.165, 1.54) is 11.1 Å². The Balaban J connectivity index is 1.11. The molecule has 3 atom stereocenters. The zero-order chi connectivity index (χ0) is 33.3. The van der Waals surface area contributed by atoms with Crippen molar-refractivity contribution in [3.8, 4) is 0 Å². The van der Waals surface area contributed by atoms with Gasteiger partial charge in [0.25, 0.3) is 0 Å². The second-order valence-electron chi connectivity index (χ2n) is 15.2. The number of nitrogens with zero attached hydrogens (tertiary/aromatic N) is 4. The van der Waals surface area contributed by atoms with Crippen LogP contribution >= 0.6 is 11.6 Å². The fraction of sp³-hybridized carbons (Fsp3) is 0.579. The fourth-order valence-electron chi connectivity index (χ4n) is 8.03. The fourth-order valence-corrected chi connectivity index (χ4v) is 8.16. The van der Waals surface area contributed by atoms with Crippen molar-refractivity contribution in [2.75, 3.05) is 63.9 Å². The van der Waals surface area contributed by atoms with Crippen molar-refractivity contribution in [1.82, 2.24) is 14.7 Å². The van der Waals surface area contributed by atoms with Crippen LogP contribution in [-0.4, -0.2) is 103 Å². The molecule has 2 aromatic carbocycles. The molecule has 0 radical (unpaired) electrons. The number of carbonyl (C=O) groups excluding carboxylic acids is 2. The number of likely N-dealkylation sites (tertiary alicyclic amines) is 2. The molecule has 1 aliphatic carbocycles. The molecule has 2 bridgehead atoms. The van der Waals surface area contributed by atoms with Gasteiger partial charge in [0, 0.05) is 75.2 Å². The van der Waals surface area contributed by atoms with Gasteiger partial charge in [0.15, 0.2) is 0 Å². The van der Waals surface area contributed by atoms with Crippen molar-refractivity contribution < 1.29 is 19.1 Å². The van der Waals surface area contributed by atoms with Crippen molar-refractivity contribution in [3.63, 3.8) is 0 Å². The Morgan fingerprint density at radius 2 is 1.66 bits per heavy atom. The number of carbonyl (C=O) groups is 2. The summed E-state index contributed by atoms with van der Waals surface area (Å²) in [7, 11) is 0. The van der Waals surface area contributed by atoms with Crippen LogP contribution in [0, 0.1) is 5.41 Å². The largest absolute Gasteiger partial charge is 0.462 e. The number of fused-ring (bicyclic) bond motifs is 2. The number of anilines is 1. The molecular formula is C38H51ClN4O4. The number of piperazine rings is 2. The summed E-state index contributed by atoms with van der Waals surface area (Å²) in [5, 5.41) is 0.771. The van der Waals surface area contributed by atoms with E-state index in [0.29, 0.717) is 18.2 Å². The second-order valence-corrected chi connectivity index (χ2v) is 15.6. The highest BCUT2D eigenvalue weighted by Gasteiger charge is 2.48. The number of hydrogen-bond acceptors (Lipinski definition) is 7. The van der Waals surface area contributed by atoms with Gasteiger partial charge in [-0.3, -0.25) is 9.80 Å². The maximum absolute atomic E-state index is 12.8. The molecule has 2 aromatic rings. The molecule has 0 aromatic heterocycles. The highest BCUT2D eigenvalue weighted by molar-refractivity contribution is 6.30. The summed E-state index contributed by atoms with van der Waals surface area (Å²) in [6, 6.07) is 16.9. The van der Waals surface area contributed by atoms with Gasteiger partial charge in [-0.25, -0.2) is 9.59 Å². The third kappa shape index (κ3) is 7.98. The van der Waals surface area contributed by atoms with E-state index in [9.17, 15) is 9.59 Å². The molecule has 8 nitrogen and oxygen atoms in total. The maximum Gasteiger partial charge on any atom is 0.410 e. The van der Waals surface area contributed by atoms with E-state index >= 15 is 0 Å². The third-order valence-corrected chi connectivity index (χ3v) is 10.6. The van der Waals surface area contributed by atoms with Crippen LogP contribution in [0.25, 0.3) is 5.57 Å². The summed E-state index contributed by atoms with van der Waals surface area (Å²) < 4.78 is 10.9. The molecule has 0 N–H and O–H groups in total. The minimum Gasteiger partial charge on any atom is -0.462 e. The summed E-state index contributed by atoms with van der Waals surface area (Å²) in [6.07, 6.45) is 4.16. The van der Waals surface area contributed by atoms with Crippen molar-refractivity contribution in [3.05, 3.63) is 70.3 Å². The lowest BCUT2D eigenvalue weighted by Gasteiger charge is -2.44. The molecular weight excluding hydrogens is 612 g/mol. The summed E-state index contributed by atoms with van der Waals surface area (Å²) in [6.45, 7) is 18.1. The smallest absolute Gasteiger partial charge is 0.410 e. The standard InChI is InChI=1S/C38H51ClN4O4/c1-6-46-35(44)28-9-13-31(14-10-28)41-19-17-40(18-20-41)23-29-22-38(5,16-15-34(29)27-7-11-30(39)12-8-27)26-42-24-33-21-32(42)25-43(33)36(45)47-37(2,3)4/h7-14,32-33H,6,15-26H2,1-5H3/t32-,33-,38?/m1/s1. The average molecular weight is 663 g/mol. The lowest BCUT2D eigenvalue weighted by atomic mass is 9.71. The predicted octanol–water partition coefficient (Wildman–Crippen LogP) is 6.98. The first-order chi connectivity index (χ1) is 22.4. The van der Waals surface area contributed by atoms with Gasteiger partial charge in [-0.05, 0) is 106 Å². The van der Waals surface area contributed by atoms with Crippen LogP contribution in [0.4, 0.5) is 10.5 Å². The van der Waals surface area contributed by atoms with Crippen molar-refractivity contribution >= 4 is 34.9 Å². The van der Waals surface area contributed by atoms with E-state index in [4.69, 9.17) is 21.1 Å². The minimum absolute atomic E-state index is 0.167. The number of rotatable bonds is 8. The monoisotopic (exact) mass is 662 g/mol. The van der Waals surface area contributed by atoms with Crippen LogP contribution in [0.2, 0.25) is 5.02 Å². The van der Waals surface area contributed by atoms with Crippen LogP contribution in [0.3, 0.4) is 0 Å². The summed E-state index contributed by atoms with van der Waals surface area (Å²) >= 11 is 6.29. The summed E-state index contributed by atoms with van der Waals surface area (Å²) in [4.78, 5) is 34.6. The number of benzene rings is 2. The highest BCUT2D eigenvalue weighted by Crippen LogP contribution is 2.45. The van der Waals surface area contributed by atoms with E-state index in [1.807, 2.05) is 69.0 Å². The van der Waals surface area contributed by atoms with Gasteiger partial charge in [0.1, 0.15) is 5.60 Å². The van der Waals surface area contributed by atoms with Crippen LogP contribution in [0.5, 0.6) is 0 Å². The number of allylic oxidation sites excluding steroid dienone is 1. The first-order valence-electron chi connectivity index (χ1n) is 17.3. The maximum atomic E-state index is 12.8. The Bertz CT molecular complexity index is 1460. The molecule has 1 amide bonds. The van der Waals surface area contributed by atoms with E-state index in [0.717, 1.165) is 88.8 Å². The Kier molecular flexibility index (Phi) is 9.94. The first kappa shape index (κ1) is 33.8. The van der Waals surface area contributed by atoms with Gasteiger partial charge in [-0.1, -0.05) is 36.2 Å². The SMILES string of the molecule is CCOC(=O)c1ccc(N2CCN(CC3=C(c4ccc(Cl)cc4)CCC(C)(CN4C[C@H]5C[C@@H]4CN5C(=O)OC(C)(C)C)C3)CC2)cc1. The Morgan fingerprint density at radius 1 is 0.957 bits per heavy atom. The molecule has 3 aliphatic heterocycles. The molecule has 0 saturated carbocycles. The molecule has 6 rings (SSSR count). The van der Waals surface area contributed by atoms with E-state index < -0.39 is 5.60 Å². The topological polar surface area (TPSA) is 65.6 Å². The molecule has 4 aliphatic rings. The zero-order valence-electron chi connectivity index (χ0n) is 28.8. The Hall–Kier alpha value is -3.07. The number of hydrogen-bond donors (Lipinski definition) is 0. The van der Waals surface area contributed by atoms with E-state index in [2.05, 4.69) is 33.8 Å². The zero-order valence-corrected chi connectivity index (χ0v) is 29.5. The van der Waals surface area contributed by atoms with Crippen molar-refractivity contribution in [2.45, 2.75) is 78.0 Å². The molecule has 254 valence electrons. The summed E-state index contributed by atoms with van der Waals surface area (Å²) in [5.41, 5.74) is 5.77. The third-order valence-electron chi connectivity index (χ3n) is 10.3. The van der Waals surface area contributed by atoms with Crippen molar-refractivity contribution in [2.24, 2.45) is 5.41 Å². The molecule has 3 fully saturated rings. The molecule has 1 unspecified atom stereocenters. The number of esters is 1. The van der Waals surface area contributed by atoms with Crippen molar-refractivity contribution in [1.29, 1.82) is 0 Å². The summed E-state index contributed by atoms with van der Waals surface area (Å²) in [5.74, 6) is -0.270. The molecule has 47 heavy (non-hydrogen) atoms. The van der Waals surface area contributed by atoms with E-state index in [1.54, 1.807) is 5.57 Å². The Morgan fingerprint density at radius 3 is 2.28 bits per heavy atom. The average Bonchev–Trinajstić information content (AvgIpc) is 3.62. The van der Waals surface area contributed by atoms with Gasteiger partial charge < -0.3 is 19.3 Å². The quantitative estimate of drug-likeness (QED) is 0.283. The van der Waals surface area contributed by atoms with Gasteiger partial charge in [-0.2, -0.15) is 0 Å². The van der Waals surface area contributed by atoms with Gasteiger partial charge in [-0.15, -0.1) is 0 Å². The lowest BCUT2D eigenvalue weighted by molar-refractivity contribution is 0.00911. The lowest BCUT2D eigenvalue weighted by Crippen LogP contribution is -2.52. The minimum atomic E-state index is -0.470. The second kappa shape index (κ2) is 13.8. The number of ether oxygens (including phenoxy) is 2. The first-order valence-corrected chi connectivity index (χ1v) is 17.7. The number of amides is 1. The van der Waals surface area contributed by atoms with Crippen LogP contribution < -0.4 is 4.90 Å². The molecule has 3 heterocycles. The molecule has 0 spiro atoms. The van der Waals surface area contributed by atoms with Gasteiger partial charge in [0.2, 0.25) is 0 Å². The molecule has 3 saturated heterocycles. The van der Waals surface area contributed by atoms with E-state index in [-0.39, 0.29) is 23.5 Å². The normalized spacial score (nSPS) is 25.4. The van der Waals surface area contributed by atoms with Crippen LogP contribution in [0.15, 0.2) is 54.1 Å².